The SMILES string of the molecule is Fc1ccc(Cn2nnnc2C(c2ccc(F)cc2)N2CCc3ccccc3C2)cc1. The molecule has 0 aliphatic carbocycles. The fraction of sp³-hybridized carbons (Fsp3) is 0.208. The molecule has 0 radical (unpaired) electrons. The van der Waals surface area contributed by atoms with Crippen molar-refractivity contribution >= 4 is 0 Å². The van der Waals surface area contributed by atoms with Gasteiger partial charge in [-0.25, -0.2) is 13.5 Å². The van der Waals surface area contributed by atoms with E-state index in [0.717, 1.165) is 30.6 Å². The minimum atomic E-state index is -0.281. The normalized spacial score (nSPS) is 14.9. The van der Waals surface area contributed by atoms with Crippen LogP contribution < -0.4 is 0 Å². The van der Waals surface area contributed by atoms with Gasteiger partial charge in [-0.2, -0.15) is 0 Å². The highest BCUT2D eigenvalue weighted by Gasteiger charge is 2.30. The molecular formula is C24H21F2N5. The summed E-state index contributed by atoms with van der Waals surface area (Å²) in [6.45, 7) is 2.01. The molecule has 5 nitrogen and oxygen atoms in total. The van der Waals surface area contributed by atoms with Crippen molar-refractivity contribution in [2.75, 3.05) is 6.54 Å². The Labute approximate surface area is 178 Å². The van der Waals surface area contributed by atoms with Crippen molar-refractivity contribution in [1.82, 2.24) is 25.1 Å². The number of tetrazole rings is 1. The average molecular weight is 417 g/mol. The Balaban J connectivity index is 1.52. The summed E-state index contributed by atoms with van der Waals surface area (Å²) < 4.78 is 28.7. The largest absolute Gasteiger partial charge is 0.285 e. The first-order valence-electron chi connectivity index (χ1n) is 10.2. The van der Waals surface area contributed by atoms with Crippen molar-refractivity contribution < 1.29 is 8.78 Å². The number of rotatable bonds is 5. The Hall–Kier alpha value is -3.45. The van der Waals surface area contributed by atoms with Crippen LogP contribution >= 0.6 is 0 Å². The maximum atomic E-state index is 13.6. The topological polar surface area (TPSA) is 46.8 Å². The van der Waals surface area contributed by atoms with Crippen LogP contribution in [0.3, 0.4) is 0 Å². The molecule has 4 aromatic rings. The number of hydrogen-bond acceptors (Lipinski definition) is 4. The van der Waals surface area contributed by atoms with Gasteiger partial charge in [-0.3, -0.25) is 4.90 Å². The molecule has 7 heteroatoms. The highest BCUT2D eigenvalue weighted by molar-refractivity contribution is 5.32. The molecule has 0 saturated heterocycles. The molecular weight excluding hydrogens is 396 g/mol. The average Bonchev–Trinajstić information content (AvgIpc) is 3.24. The van der Waals surface area contributed by atoms with Crippen molar-refractivity contribution in [3.63, 3.8) is 0 Å². The Morgan fingerprint density at radius 1 is 0.839 bits per heavy atom. The molecule has 0 bridgehead atoms. The van der Waals surface area contributed by atoms with Crippen molar-refractivity contribution in [2.24, 2.45) is 0 Å². The number of fused-ring (bicyclic) bond motifs is 1. The van der Waals surface area contributed by atoms with Gasteiger partial charge in [-0.05, 0) is 63.4 Å². The smallest absolute Gasteiger partial charge is 0.173 e. The molecule has 156 valence electrons. The van der Waals surface area contributed by atoms with Crippen molar-refractivity contribution in [1.29, 1.82) is 0 Å². The van der Waals surface area contributed by atoms with Gasteiger partial charge in [0.05, 0.1) is 12.6 Å². The van der Waals surface area contributed by atoms with Crippen LogP contribution in [0.4, 0.5) is 8.78 Å². The predicted octanol–water partition coefficient (Wildman–Crippen LogP) is 4.15. The molecule has 1 aliphatic heterocycles. The monoisotopic (exact) mass is 417 g/mol. The molecule has 0 amide bonds. The fourth-order valence-corrected chi connectivity index (χ4v) is 4.19. The third kappa shape index (κ3) is 4.09. The fourth-order valence-electron chi connectivity index (χ4n) is 4.19. The van der Waals surface area contributed by atoms with Crippen LogP contribution in [0.25, 0.3) is 0 Å². The highest BCUT2D eigenvalue weighted by Crippen LogP contribution is 2.32. The van der Waals surface area contributed by atoms with Crippen LogP contribution in [-0.2, 0) is 19.5 Å². The summed E-state index contributed by atoms with van der Waals surface area (Å²) in [5.74, 6) is 0.115. The van der Waals surface area contributed by atoms with Gasteiger partial charge in [0.25, 0.3) is 0 Å². The number of benzene rings is 3. The first-order chi connectivity index (χ1) is 15.2. The summed E-state index contributed by atoms with van der Waals surface area (Å²) in [5.41, 5.74) is 4.45. The van der Waals surface area contributed by atoms with E-state index in [1.54, 1.807) is 28.9 Å². The van der Waals surface area contributed by atoms with Crippen LogP contribution in [0.1, 0.15) is 34.1 Å². The lowest BCUT2D eigenvalue weighted by Crippen LogP contribution is -2.36. The summed E-state index contributed by atoms with van der Waals surface area (Å²) in [4.78, 5) is 2.32. The van der Waals surface area contributed by atoms with Gasteiger partial charge < -0.3 is 0 Å². The summed E-state index contributed by atoms with van der Waals surface area (Å²) in [6.07, 6.45) is 0.924. The molecule has 2 heterocycles. The van der Waals surface area contributed by atoms with Crippen LogP contribution in [0.5, 0.6) is 0 Å². The van der Waals surface area contributed by atoms with E-state index in [1.165, 1.54) is 35.4 Å². The number of nitrogens with zero attached hydrogens (tertiary/aromatic N) is 5. The first kappa shape index (κ1) is 19.5. The van der Waals surface area contributed by atoms with Crippen LogP contribution in [-0.4, -0.2) is 31.7 Å². The molecule has 3 aromatic carbocycles. The van der Waals surface area contributed by atoms with E-state index in [0.29, 0.717) is 12.4 Å². The lowest BCUT2D eigenvalue weighted by atomic mass is 9.96. The van der Waals surface area contributed by atoms with Gasteiger partial charge in [0, 0.05) is 13.1 Å². The van der Waals surface area contributed by atoms with E-state index in [9.17, 15) is 8.78 Å². The molecule has 1 atom stereocenters. The van der Waals surface area contributed by atoms with Gasteiger partial charge >= 0.3 is 0 Å². The highest BCUT2D eigenvalue weighted by atomic mass is 19.1. The van der Waals surface area contributed by atoms with Gasteiger partial charge in [0.2, 0.25) is 0 Å². The molecule has 31 heavy (non-hydrogen) atoms. The van der Waals surface area contributed by atoms with E-state index in [1.807, 2.05) is 6.07 Å². The Kier molecular flexibility index (Phi) is 5.26. The second-order valence-corrected chi connectivity index (χ2v) is 7.76. The van der Waals surface area contributed by atoms with E-state index in [2.05, 4.69) is 38.6 Å². The lowest BCUT2D eigenvalue weighted by molar-refractivity contribution is 0.195. The van der Waals surface area contributed by atoms with E-state index < -0.39 is 0 Å². The maximum Gasteiger partial charge on any atom is 0.173 e. The van der Waals surface area contributed by atoms with Crippen molar-refractivity contribution in [3.05, 3.63) is 113 Å². The zero-order valence-corrected chi connectivity index (χ0v) is 16.8. The van der Waals surface area contributed by atoms with E-state index in [4.69, 9.17) is 0 Å². The Morgan fingerprint density at radius 2 is 1.52 bits per heavy atom. The van der Waals surface area contributed by atoms with E-state index >= 15 is 0 Å². The van der Waals surface area contributed by atoms with Gasteiger partial charge in [0.1, 0.15) is 11.6 Å². The molecule has 5 rings (SSSR count). The Morgan fingerprint density at radius 3 is 2.26 bits per heavy atom. The predicted molar refractivity (Wildman–Crippen MR) is 112 cm³/mol. The third-order valence-corrected chi connectivity index (χ3v) is 5.76. The van der Waals surface area contributed by atoms with Crippen molar-refractivity contribution in [3.8, 4) is 0 Å². The molecule has 0 saturated carbocycles. The first-order valence-corrected chi connectivity index (χ1v) is 10.2. The van der Waals surface area contributed by atoms with Crippen LogP contribution in [0.2, 0.25) is 0 Å². The van der Waals surface area contributed by atoms with Crippen molar-refractivity contribution in [2.45, 2.75) is 25.6 Å². The maximum absolute atomic E-state index is 13.6. The summed E-state index contributed by atoms with van der Waals surface area (Å²) in [5, 5.41) is 12.5. The molecule has 0 fully saturated rings. The summed E-state index contributed by atoms with van der Waals surface area (Å²) in [7, 11) is 0. The standard InChI is InChI=1S/C24H21F2N5/c25-21-9-5-17(6-10-21)15-31-24(27-28-29-31)23(19-7-11-22(26)12-8-19)30-14-13-18-3-1-2-4-20(18)16-30/h1-12,23H,13-16H2. The molecule has 1 aromatic heterocycles. The minimum Gasteiger partial charge on any atom is -0.285 e. The van der Waals surface area contributed by atoms with Gasteiger partial charge in [-0.1, -0.05) is 48.5 Å². The molecule has 1 unspecified atom stereocenters. The molecule has 0 spiro atoms. The zero-order chi connectivity index (χ0) is 21.2. The minimum absolute atomic E-state index is 0.232. The van der Waals surface area contributed by atoms with Crippen LogP contribution in [0, 0.1) is 11.6 Å². The molecule has 1 aliphatic rings. The third-order valence-electron chi connectivity index (χ3n) is 5.76. The lowest BCUT2D eigenvalue weighted by Gasteiger charge is -2.35. The zero-order valence-electron chi connectivity index (χ0n) is 16.8. The second-order valence-electron chi connectivity index (χ2n) is 7.76. The summed E-state index contributed by atoms with van der Waals surface area (Å²) in [6, 6.07) is 21.0. The molecule has 0 N–H and O–H groups in total. The number of hydrogen-bond donors (Lipinski definition) is 0. The van der Waals surface area contributed by atoms with Gasteiger partial charge in [0.15, 0.2) is 5.82 Å². The quantitative estimate of drug-likeness (QED) is 0.490. The Bertz CT molecular complexity index is 1170. The number of halogens is 2. The summed E-state index contributed by atoms with van der Waals surface area (Å²) >= 11 is 0. The second kappa shape index (κ2) is 8.35. The van der Waals surface area contributed by atoms with Crippen LogP contribution in [0.15, 0.2) is 72.8 Å². The van der Waals surface area contributed by atoms with Gasteiger partial charge in [-0.15, -0.1) is 5.10 Å². The van der Waals surface area contributed by atoms with E-state index in [-0.39, 0.29) is 17.7 Å². The number of aromatic nitrogens is 4.